The molecule has 2 heterocycles. The van der Waals surface area contributed by atoms with Crippen molar-refractivity contribution >= 4 is 23.0 Å². The maximum absolute atomic E-state index is 14.7. The summed E-state index contributed by atoms with van der Waals surface area (Å²) in [7, 11) is 1.30. The van der Waals surface area contributed by atoms with Gasteiger partial charge >= 0.3 is 0 Å². The summed E-state index contributed by atoms with van der Waals surface area (Å²) in [5.41, 5.74) is -0.979. The highest BCUT2D eigenvalue weighted by Crippen LogP contribution is 2.23. The number of aliphatic hydroxyl groups is 1. The van der Waals surface area contributed by atoms with E-state index in [2.05, 4.69) is 10.0 Å². The molecule has 0 spiro atoms. The van der Waals surface area contributed by atoms with E-state index in [9.17, 15) is 32.0 Å². The summed E-state index contributed by atoms with van der Waals surface area (Å²) in [6.45, 7) is 0.126. The predicted molar refractivity (Wildman–Crippen MR) is 89.8 cm³/mol. The van der Waals surface area contributed by atoms with Crippen LogP contribution in [0.2, 0.25) is 0 Å². The zero-order chi connectivity index (χ0) is 20.6. The van der Waals surface area contributed by atoms with Gasteiger partial charge in [-0.05, 0) is 0 Å². The highest BCUT2D eigenvalue weighted by atomic mass is 32.2. The first kappa shape index (κ1) is 20.6. The van der Waals surface area contributed by atoms with Crippen molar-refractivity contribution in [2.24, 2.45) is 7.05 Å². The fourth-order valence-electron chi connectivity index (χ4n) is 2.63. The quantitative estimate of drug-likeness (QED) is 0.383. The van der Waals surface area contributed by atoms with Crippen LogP contribution in [-0.2, 0) is 23.1 Å². The number of aryl methyl sites for hydroxylation is 1. The summed E-state index contributed by atoms with van der Waals surface area (Å²) < 4.78 is 75.1. The molecule has 152 valence electrons. The summed E-state index contributed by atoms with van der Waals surface area (Å²) in [4.78, 5) is 11.9. The lowest BCUT2D eigenvalue weighted by atomic mass is 10.2. The van der Waals surface area contributed by atoms with E-state index in [4.69, 9.17) is 4.74 Å². The van der Waals surface area contributed by atoms with Gasteiger partial charge in [-0.25, -0.2) is 13.2 Å². The Morgan fingerprint density at radius 3 is 2.46 bits per heavy atom. The zero-order valence-electron chi connectivity index (χ0n) is 14.3. The number of rotatable bonds is 5. The van der Waals surface area contributed by atoms with E-state index < -0.39 is 64.1 Å². The molecule has 3 rings (SSSR count). The second kappa shape index (κ2) is 8.09. The van der Waals surface area contributed by atoms with Gasteiger partial charge in [-0.3, -0.25) is 4.79 Å². The van der Waals surface area contributed by atoms with Crippen molar-refractivity contribution in [3.8, 4) is 0 Å². The van der Waals surface area contributed by atoms with Crippen molar-refractivity contribution in [1.82, 2.24) is 9.29 Å². The van der Waals surface area contributed by atoms with Gasteiger partial charge in [0.1, 0.15) is 11.7 Å². The number of amides is 1. The molecule has 1 fully saturated rings. The maximum Gasteiger partial charge on any atom is 0.275 e. The second-order valence-electron chi connectivity index (χ2n) is 6.07. The summed E-state index contributed by atoms with van der Waals surface area (Å²) in [5.74, 6) is -6.96. The number of benzene rings is 1. The zero-order valence-corrected chi connectivity index (χ0v) is 15.2. The van der Waals surface area contributed by atoms with Gasteiger partial charge in [0.05, 0.1) is 36.9 Å². The lowest BCUT2D eigenvalue weighted by molar-refractivity contribution is 0.101. The number of nitrogens with zero attached hydrogens (tertiary/aromatic N) is 1. The highest BCUT2D eigenvalue weighted by Gasteiger charge is 2.34. The van der Waals surface area contributed by atoms with Crippen LogP contribution in [0.4, 0.5) is 23.2 Å². The molecule has 12 heteroatoms. The van der Waals surface area contributed by atoms with Crippen LogP contribution in [0.1, 0.15) is 10.5 Å². The van der Waals surface area contributed by atoms with E-state index >= 15 is 0 Å². The Kier molecular flexibility index (Phi) is 5.95. The van der Waals surface area contributed by atoms with Crippen molar-refractivity contribution in [2.45, 2.75) is 17.0 Å². The number of hydrogen-bond donors (Lipinski definition) is 3. The molecule has 0 radical (unpaired) electrons. The van der Waals surface area contributed by atoms with Crippen molar-refractivity contribution < 1.29 is 36.8 Å². The van der Waals surface area contributed by atoms with Gasteiger partial charge in [0.25, 0.3) is 5.91 Å². The lowest BCUT2D eigenvalue weighted by Crippen LogP contribution is -2.42. The van der Waals surface area contributed by atoms with Gasteiger partial charge in [0.15, 0.2) is 17.5 Å². The summed E-state index contributed by atoms with van der Waals surface area (Å²) >= 11 is -2.10. The molecule has 1 saturated heterocycles. The second-order valence-corrected chi connectivity index (χ2v) is 7.29. The number of halogens is 4. The molecule has 3 atom stereocenters. The van der Waals surface area contributed by atoms with Crippen LogP contribution in [0.15, 0.2) is 23.2 Å². The molecule has 2 aromatic rings. The number of anilines is 1. The van der Waals surface area contributed by atoms with Crippen LogP contribution >= 0.6 is 0 Å². The number of nitrogens with one attached hydrogen (secondary N) is 2. The lowest BCUT2D eigenvalue weighted by Gasteiger charge is -2.15. The number of hydrogen-bond acceptors (Lipinski definition) is 5. The van der Waals surface area contributed by atoms with Gasteiger partial charge < -0.3 is 24.3 Å². The molecule has 3 unspecified atom stereocenters. The van der Waals surface area contributed by atoms with Gasteiger partial charge in [0.2, 0.25) is 10.7 Å². The first-order valence-electron chi connectivity index (χ1n) is 7.93. The molecule has 3 N–H and O–H groups in total. The first-order chi connectivity index (χ1) is 13.2. The Hall–Kier alpha value is -2.12. The van der Waals surface area contributed by atoms with Crippen molar-refractivity contribution in [3.63, 3.8) is 0 Å². The molecular weight excluding hydrogens is 406 g/mol. The molecule has 0 aliphatic carbocycles. The van der Waals surface area contributed by atoms with E-state index in [0.29, 0.717) is 12.1 Å². The first-order valence-corrected chi connectivity index (χ1v) is 9.08. The number of ether oxygens (including phenoxy) is 1. The average Bonchev–Trinajstić information content (AvgIpc) is 3.15. The van der Waals surface area contributed by atoms with Crippen LogP contribution in [0.3, 0.4) is 0 Å². The molecule has 1 amide bonds. The molecule has 0 saturated carbocycles. The predicted octanol–water partition coefficient (Wildman–Crippen LogP) is 1.21. The number of aliphatic hydroxyl groups excluding tert-OH is 1. The van der Waals surface area contributed by atoms with Gasteiger partial charge in [0, 0.05) is 24.9 Å². The van der Waals surface area contributed by atoms with Crippen LogP contribution in [0.25, 0.3) is 0 Å². The minimum absolute atomic E-state index is 0.0462. The number of aromatic nitrogens is 1. The monoisotopic (exact) mass is 421 g/mol. The molecule has 1 aliphatic rings. The molecular formula is C16H15F4N3O4S. The van der Waals surface area contributed by atoms with Crippen LogP contribution in [-0.4, -0.2) is 45.5 Å². The maximum atomic E-state index is 14.7. The fraction of sp³-hybridized carbons (Fsp3) is 0.312. The molecule has 0 bridgehead atoms. The average molecular weight is 421 g/mol. The molecule has 1 aliphatic heterocycles. The minimum Gasteiger partial charge on any atom is -0.593 e. The third-order valence-electron chi connectivity index (χ3n) is 4.05. The molecule has 28 heavy (non-hydrogen) atoms. The Morgan fingerprint density at radius 2 is 1.89 bits per heavy atom. The van der Waals surface area contributed by atoms with E-state index in [0.717, 1.165) is 10.8 Å². The normalized spacial score (nSPS) is 20.4. The number of carbonyl (C=O) groups is 1. The summed E-state index contributed by atoms with van der Waals surface area (Å²) in [6.07, 6.45) is 0.184. The van der Waals surface area contributed by atoms with Crippen molar-refractivity contribution in [1.29, 1.82) is 0 Å². The Balaban J connectivity index is 1.80. The van der Waals surface area contributed by atoms with E-state index in [-0.39, 0.29) is 18.1 Å². The van der Waals surface area contributed by atoms with Gasteiger partial charge in [-0.2, -0.15) is 4.39 Å². The highest BCUT2D eigenvalue weighted by molar-refractivity contribution is 7.89. The Bertz CT molecular complexity index is 887. The van der Waals surface area contributed by atoms with Crippen LogP contribution in [0.5, 0.6) is 0 Å². The van der Waals surface area contributed by atoms with Crippen molar-refractivity contribution in [3.05, 3.63) is 47.3 Å². The topological polar surface area (TPSA) is 98.6 Å². The van der Waals surface area contributed by atoms with E-state index in [1.807, 2.05) is 0 Å². The molecule has 1 aromatic heterocycles. The number of carbonyl (C=O) groups excluding carboxylic acids is 1. The van der Waals surface area contributed by atoms with Crippen molar-refractivity contribution in [2.75, 3.05) is 18.5 Å². The smallest absolute Gasteiger partial charge is 0.275 e. The van der Waals surface area contributed by atoms with E-state index in [1.54, 1.807) is 0 Å². The standard InChI is InChI=1S/C16H15F4N3O4S/c1-23-4-12(28(26)22-10-5-27-6-11(10)24)14(20)15(23)16(25)21-7-2-8(17)13(19)9(18)3-7/h2-4,10-11,22,24H,5-6H2,1H3,(H,21,25). The third-order valence-corrected chi connectivity index (χ3v) is 5.25. The van der Waals surface area contributed by atoms with Crippen LogP contribution in [0, 0.1) is 23.3 Å². The largest absolute Gasteiger partial charge is 0.593 e. The fourth-order valence-corrected chi connectivity index (χ4v) is 3.77. The third kappa shape index (κ3) is 4.00. The molecule has 7 nitrogen and oxygen atoms in total. The molecule has 1 aromatic carbocycles. The minimum atomic E-state index is -2.10. The summed E-state index contributed by atoms with van der Waals surface area (Å²) in [6, 6.07) is 0.404. The Morgan fingerprint density at radius 1 is 1.25 bits per heavy atom. The SMILES string of the molecule is Cn1cc([S+]([O-])NC2COCC2O)c(F)c1C(=O)Nc1cc(F)c(F)c(F)c1. The Labute approximate surface area is 159 Å². The summed E-state index contributed by atoms with van der Waals surface area (Å²) in [5, 5.41) is 11.7. The van der Waals surface area contributed by atoms with E-state index in [1.165, 1.54) is 7.05 Å². The van der Waals surface area contributed by atoms with Crippen LogP contribution < -0.4 is 10.0 Å². The van der Waals surface area contributed by atoms with Gasteiger partial charge in [-0.1, -0.05) is 0 Å². The van der Waals surface area contributed by atoms with Gasteiger partial charge in [-0.15, -0.1) is 4.72 Å².